The first kappa shape index (κ1) is 10.7. The molecule has 0 spiro atoms. The molecule has 11 heavy (non-hydrogen) atoms. The Kier molecular flexibility index (Phi) is 6.22. The Morgan fingerprint density at radius 1 is 1.55 bits per heavy atom. The number of halogens is 1. The Hall–Kier alpha value is -0.310. The second kappa shape index (κ2) is 6.40. The van der Waals surface area contributed by atoms with Crippen molar-refractivity contribution in [3.05, 3.63) is 11.6 Å². The summed E-state index contributed by atoms with van der Waals surface area (Å²) in [6.07, 6.45) is 4.79. The van der Waals surface area contributed by atoms with E-state index in [1.807, 2.05) is 0 Å². The van der Waals surface area contributed by atoms with E-state index in [2.05, 4.69) is 15.9 Å². The Morgan fingerprint density at radius 2 is 2.18 bits per heavy atom. The highest BCUT2D eigenvalue weighted by Crippen LogP contribution is 2.02. The number of rotatable bonds is 5. The Labute approximate surface area is 75.4 Å². The molecule has 0 aliphatic heterocycles. The maximum atomic E-state index is 10.3. The standard InChI is InChI=1S/C8H13BrO2/c1-7(8(10)11)5-3-2-4-6-9/h5H,2-4,6H2,1H3,(H,10,11). The predicted molar refractivity (Wildman–Crippen MR) is 49.0 cm³/mol. The van der Waals surface area contributed by atoms with Crippen LogP contribution in [0.3, 0.4) is 0 Å². The molecule has 0 fully saturated rings. The van der Waals surface area contributed by atoms with Gasteiger partial charge >= 0.3 is 5.97 Å². The van der Waals surface area contributed by atoms with Crippen LogP contribution in [0.4, 0.5) is 0 Å². The van der Waals surface area contributed by atoms with Crippen molar-refractivity contribution in [2.45, 2.75) is 26.2 Å². The summed E-state index contributed by atoms with van der Waals surface area (Å²) in [6.45, 7) is 1.62. The average Bonchev–Trinajstić information content (AvgIpc) is 1.97. The Bertz CT molecular complexity index is 152. The maximum Gasteiger partial charge on any atom is 0.330 e. The first-order chi connectivity index (χ1) is 5.18. The molecule has 0 saturated heterocycles. The fourth-order valence-electron chi connectivity index (χ4n) is 0.645. The lowest BCUT2D eigenvalue weighted by Gasteiger charge is -1.93. The van der Waals surface area contributed by atoms with Gasteiger partial charge in [-0.2, -0.15) is 0 Å². The number of hydrogen-bond donors (Lipinski definition) is 1. The summed E-state index contributed by atoms with van der Waals surface area (Å²) in [5, 5.41) is 9.45. The lowest BCUT2D eigenvalue weighted by atomic mass is 10.2. The number of carboxylic acids is 1. The Morgan fingerprint density at radius 3 is 2.64 bits per heavy atom. The smallest absolute Gasteiger partial charge is 0.330 e. The fraction of sp³-hybridized carbons (Fsp3) is 0.625. The number of allylic oxidation sites excluding steroid dienone is 1. The van der Waals surface area contributed by atoms with Gasteiger partial charge < -0.3 is 5.11 Å². The van der Waals surface area contributed by atoms with Gasteiger partial charge in [0.2, 0.25) is 0 Å². The van der Waals surface area contributed by atoms with Crippen molar-refractivity contribution in [1.29, 1.82) is 0 Å². The molecule has 0 aliphatic rings. The molecule has 0 aromatic rings. The molecular weight excluding hydrogens is 208 g/mol. The predicted octanol–water partition coefficient (Wildman–Crippen LogP) is 2.58. The molecule has 0 atom stereocenters. The van der Waals surface area contributed by atoms with Gasteiger partial charge in [0.1, 0.15) is 0 Å². The zero-order chi connectivity index (χ0) is 8.69. The van der Waals surface area contributed by atoms with E-state index >= 15 is 0 Å². The van der Waals surface area contributed by atoms with Crippen LogP contribution in [0.1, 0.15) is 26.2 Å². The number of unbranched alkanes of at least 4 members (excludes halogenated alkanes) is 2. The van der Waals surface area contributed by atoms with Crippen LogP contribution < -0.4 is 0 Å². The molecule has 0 unspecified atom stereocenters. The number of carboxylic acid groups (broad SMARTS) is 1. The summed E-state index contributed by atoms with van der Waals surface area (Å²) < 4.78 is 0. The molecule has 0 aromatic heterocycles. The minimum Gasteiger partial charge on any atom is -0.478 e. The van der Waals surface area contributed by atoms with Crippen molar-refractivity contribution in [2.24, 2.45) is 0 Å². The van der Waals surface area contributed by atoms with Crippen molar-refractivity contribution < 1.29 is 9.90 Å². The summed E-state index contributed by atoms with van der Waals surface area (Å²) in [5.74, 6) is -0.816. The highest BCUT2D eigenvalue weighted by Gasteiger charge is 1.96. The van der Waals surface area contributed by atoms with Gasteiger partial charge in [-0.15, -0.1) is 0 Å². The highest BCUT2D eigenvalue weighted by atomic mass is 79.9. The van der Waals surface area contributed by atoms with Gasteiger partial charge in [-0.05, 0) is 26.2 Å². The van der Waals surface area contributed by atoms with Gasteiger partial charge in [-0.3, -0.25) is 0 Å². The largest absolute Gasteiger partial charge is 0.478 e. The molecule has 0 heterocycles. The monoisotopic (exact) mass is 220 g/mol. The zero-order valence-corrected chi connectivity index (χ0v) is 8.23. The van der Waals surface area contributed by atoms with Crippen LogP contribution in [0.2, 0.25) is 0 Å². The number of aliphatic carboxylic acids is 1. The third-order valence-electron chi connectivity index (χ3n) is 1.38. The van der Waals surface area contributed by atoms with Crippen LogP contribution in [-0.4, -0.2) is 16.4 Å². The minimum absolute atomic E-state index is 0.444. The molecule has 0 amide bonds. The van der Waals surface area contributed by atoms with Crippen molar-refractivity contribution in [2.75, 3.05) is 5.33 Å². The van der Waals surface area contributed by atoms with Gasteiger partial charge in [-0.1, -0.05) is 22.0 Å². The second-order valence-electron chi connectivity index (χ2n) is 2.38. The second-order valence-corrected chi connectivity index (χ2v) is 3.17. The maximum absolute atomic E-state index is 10.3. The van der Waals surface area contributed by atoms with E-state index in [1.54, 1.807) is 13.0 Å². The van der Waals surface area contributed by atoms with Crippen LogP contribution in [0, 0.1) is 0 Å². The van der Waals surface area contributed by atoms with Gasteiger partial charge in [0, 0.05) is 10.9 Å². The zero-order valence-electron chi connectivity index (χ0n) is 6.64. The van der Waals surface area contributed by atoms with Crippen LogP contribution in [0.25, 0.3) is 0 Å². The summed E-state index contributed by atoms with van der Waals surface area (Å²) in [4.78, 5) is 10.3. The molecule has 0 aliphatic carbocycles. The Balaban J connectivity index is 3.48. The van der Waals surface area contributed by atoms with Crippen molar-refractivity contribution in [3.63, 3.8) is 0 Å². The minimum atomic E-state index is -0.816. The highest BCUT2D eigenvalue weighted by molar-refractivity contribution is 9.09. The van der Waals surface area contributed by atoms with Gasteiger partial charge in [0.15, 0.2) is 0 Å². The van der Waals surface area contributed by atoms with E-state index in [9.17, 15) is 4.79 Å². The van der Waals surface area contributed by atoms with Crippen LogP contribution in [-0.2, 0) is 4.79 Å². The van der Waals surface area contributed by atoms with Crippen LogP contribution in [0.5, 0.6) is 0 Å². The molecule has 0 rings (SSSR count). The van der Waals surface area contributed by atoms with E-state index in [0.29, 0.717) is 5.57 Å². The van der Waals surface area contributed by atoms with E-state index in [4.69, 9.17) is 5.11 Å². The summed E-state index contributed by atoms with van der Waals surface area (Å²) in [5.41, 5.74) is 0.444. The van der Waals surface area contributed by atoms with Gasteiger partial charge in [0.05, 0.1) is 0 Å². The average molecular weight is 221 g/mol. The molecule has 0 saturated carbocycles. The van der Waals surface area contributed by atoms with E-state index in [0.717, 1.165) is 24.6 Å². The van der Waals surface area contributed by atoms with Crippen LogP contribution in [0.15, 0.2) is 11.6 Å². The van der Waals surface area contributed by atoms with Crippen molar-refractivity contribution in [3.8, 4) is 0 Å². The number of alkyl halides is 1. The van der Waals surface area contributed by atoms with Crippen LogP contribution >= 0.6 is 15.9 Å². The summed E-state index contributed by atoms with van der Waals surface area (Å²) in [7, 11) is 0. The van der Waals surface area contributed by atoms with E-state index in [1.165, 1.54) is 0 Å². The van der Waals surface area contributed by atoms with E-state index < -0.39 is 5.97 Å². The molecular formula is C8H13BrO2. The fourth-order valence-corrected chi connectivity index (χ4v) is 1.04. The molecule has 2 nitrogen and oxygen atoms in total. The lowest BCUT2D eigenvalue weighted by Crippen LogP contribution is -1.95. The summed E-state index contributed by atoms with van der Waals surface area (Å²) in [6, 6.07) is 0. The summed E-state index contributed by atoms with van der Waals surface area (Å²) >= 11 is 3.31. The van der Waals surface area contributed by atoms with Gasteiger partial charge in [0.25, 0.3) is 0 Å². The van der Waals surface area contributed by atoms with E-state index in [-0.39, 0.29) is 0 Å². The van der Waals surface area contributed by atoms with Crippen molar-refractivity contribution >= 4 is 21.9 Å². The SMILES string of the molecule is CC(=CCCCCBr)C(=O)O. The molecule has 1 N–H and O–H groups in total. The van der Waals surface area contributed by atoms with Gasteiger partial charge in [-0.25, -0.2) is 4.79 Å². The topological polar surface area (TPSA) is 37.3 Å². The number of carbonyl (C=O) groups is 1. The molecule has 3 heteroatoms. The molecule has 0 bridgehead atoms. The molecule has 64 valence electrons. The third-order valence-corrected chi connectivity index (χ3v) is 1.94. The van der Waals surface area contributed by atoms with Crippen molar-refractivity contribution in [1.82, 2.24) is 0 Å². The lowest BCUT2D eigenvalue weighted by molar-refractivity contribution is -0.132. The normalized spacial score (nSPS) is 11.6. The molecule has 0 aromatic carbocycles. The first-order valence-electron chi connectivity index (χ1n) is 3.64. The first-order valence-corrected chi connectivity index (χ1v) is 4.76. The quantitative estimate of drug-likeness (QED) is 0.440. The number of hydrogen-bond acceptors (Lipinski definition) is 1. The third kappa shape index (κ3) is 6.10. The molecule has 0 radical (unpaired) electrons.